The fraction of sp³-hybridized carbons (Fsp3) is 0.500. The summed E-state index contributed by atoms with van der Waals surface area (Å²) in [5, 5.41) is 0. The number of piperazine rings is 1. The van der Waals surface area contributed by atoms with Crippen LogP contribution in [0.2, 0.25) is 0 Å². The van der Waals surface area contributed by atoms with Crippen LogP contribution in [0.4, 0.5) is 0 Å². The van der Waals surface area contributed by atoms with Gasteiger partial charge in [-0.2, -0.15) is 0 Å². The van der Waals surface area contributed by atoms with E-state index in [9.17, 15) is 9.59 Å². The van der Waals surface area contributed by atoms with Crippen molar-refractivity contribution in [2.45, 2.75) is 0 Å². The van der Waals surface area contributed by atoms with E-state index in [-0.39, 0.29) is 18.4 Å². The van der Waals surface area contributed by atoms with E-state index in [0.717, 1.165) is 0 Å². The summed E-state index contributed by atoms with van der Waals surface area (Å²) in [6.45, 7) is 2.78. The van der Waals surface area contributed by atoms with Crippen molar-refractivity contribution < 1.29 is 18.7 Å². The molecule has 7 heteroatoms. The number of amides is 1. The molecule has 0 radical (unpaired) electrons. The highest BCUT2D eigenvalue weighted by Gasteiger charge is 2.25. The average molecular weight is 331 g/mol. The van der Waals surface area contributed by atoms with Gasteiger partial charge in [-0.3, -0.25) is 14.5 Å². The van der Waals surface area contributed by atoms with Crippen molar-refractivity contribution in [3.8, 4) is 0 Å². The predicted molar refractivity (Wildman–Crippen MR) is 70.8 cm³/mol. The molecule has 104 valence electrons. The Kier molecular flexibility index (Phi) is 4.60. The van der Waals surface area contributed by atoms with E-state index < -0.39 is 0 Å². The lowest BCUT2D eigenvalue weighted by atomic mass is 10.2. The first-order valence-electron chi connectivity index (χ1n) is 5.93. The zero-order chi connectivity index (χ0) is 13.8. The molecule has 0 unspecified atom stereocenters. The first kappa shape index (κ1) is 14.1. The van der Waals surface area contributed by atoms with Gasteiger partial charge in [0.2, 0.25) is 0 Å². The molecule has 2 heterocycles. The third-order valence-electron chi connectivity index (χ3n) is 3.09. The van der Waals surface area contributed by atoms with Crippen LogP contribution in [0.15, 0.2) is 21.4 Å². The summed E-state index contributed by atoms with van der Waals surface area (Å²) in [4.78, 5) is 27.1. The number of furan rings is 1. The molecule has 1 saturated heterocycles. The molecule has 2 rings (SSSR count). The summed E-state index contributed by atoms with van der Waals surface area (Å²) < 4.78 is 10.1. The van der Waals surface area contributed by atoms with Crippen LogP contribution in [0.5, 0.6) is 0 Å². The molecule has 0 N–H and O–H groups in total. The Bertz CT molecular complexity index is 466. The van der Waals surface area contributed by atoms with Gasteiger partial charge in [0.25, 0.3) is 5.91 Å². The minimum Gasteiger partial charge on any atom is -0.468 e. The Morgan fingerprint density at radius 3 is 2.58 bits per heavy atom. The summed E-state index contributed by atoms with van der Waals surface area (Å²) in [6.07, 6.45) is 1.48. The van der Waals surface area contributed by atoms with E-state index in [0.29, 0.717) is 36.4 Å². The molecule has 0 aliphatic carbocycles. The van der Waals surface area contributed by atoms with E-state index in [4.69, 9.17) is 4.42 Å². The van der Waals surface area contributed by atoms with Gasteiger partial charge in [-0.15, -0.1) is 0 Å². The van der Waals surface area contributed by atoms with Crippen LogP contribution in [0, 0.1) is 0 Å². The molecule has 1 aromatic rings. The Morgan fingerprint density at radius 2 is 2.05 bits per heavy atom. The maximum absolute atomic E-state index is 12.2. The smallest absolute Gasteiger partial charge is 0.319 e. The first-order valence-corrected chi connectivity index (χ1v) is 6.72. The molecule has 6 nitrogen and oxygen atoms in total. The predicted octanol–water partition coefficient (Wildman–Crippen LogP) is 0.973. The maximum atomic E-state index is 12.2. The van der Waals surface area contributed by atoms with E-state index >= 15 is 0 Å². The molecule has 1 aliphatic rings. The van der Waals surface area contributed by atoms with Crippen LogP contribution in [0.25, 0.3) is 0 Å². The number of rotatable bonds is 3. The Labute approximate surface area is 119 Å². The molecule has 0 saturated carbocycles. The highest BCUT2D eigenvalue weighted by atomic mass is 79.9. The van der Waals surface area contributed by atoms with E-state index in [1.807, 2.05) is 4.90 Å². The Morgan fingerprint density at radius 1 is 1.37 bits per heavy atom. The molecule has 19 heavy (non-hydrogen) atoms. The highest BCUT2D eigenvalue weighted by Crippen LogP contribution is 2.20. The maximum Gasteiger partial charge on any atom is 0.319 e. The Hall–Kier alpha value is -1.34. The monoisotopic (exact) mass is 330 g/mol. The van der Waals surface area contributed by atoms with Crippen LogP contribution in [-0.4, -0.2) is 61.5 Å². The number of hydrogen-bond acceptors (Lipinski definition) is 5. The van der Waals surface area contributed by atoms with E-state index in [2.05, 4.69) is 20.7 Å². The third-order valence-corrected chi connectivity index (χ3v) is 3.70. The summed E-state index contributed by atoms with van der Waals surface area (Å²) in [7, 11) is 1.37. The molecule has 1 amide bonds. The van der Waals surface area contributed by atoms with Gasteiger partial charge < -0.3 is 14.1 Å². The van der Waals surface area contributed by atoms with Gasteiger partial charge in [-0.05, 0) is 22.0 Å². The molecule has 0 bridgehead atoms. The van der Waals surface area contributed by atoms with Crippen molar-refractivity contribution in [1.82, 2.24) is 9.80 Å². The van der Waals surface area contributed by atoms with Gasteiger partial charge >= 0.3 is 5.97 Å². The average Bonchev–Trinajstić information content (AvgIpc) is 2.85. The number of ether oxygens (including phenoxy) is 1. The van der Waals surface area contributed by atoms with Crippen LogP contribution in [-0.2, 0) is 9.53 Å². The van der Waals surface area contributed by atoms with Crippen LogP contribution < -0.4 is 0 Å². The van der Waals surface area contributed by atoms with Crippen LogP contribution in [0.3, 0.4) is 0 Å². The van der Waals surface area contributed by atoms with Crippen molar-refractivity contribution in [3.63, 3.8) is 0 Å². The number of halogens is 1. The van der Waals surface area contributed by atoms with E-state index in [1.54, 1.807) is 11.0 Å². The minimum absolute atomic E-state index is 0.0571. The lowest BCUT2D eigenvalue weighted by molar-refractivity contribution is -0.142. The van der Waals surface area contributed by atoms with Gasteiger partial charge in [0.05, 0.1) is 25.5 Å². The van der Waals surface area contributed by atoms with Gasteiger partial charge in [-0.25, -0.2) is 0 Å². The standard InChI is InChI=1S/C12H15BrN2O4/c1-18-10(16)8-14-3-5-15(6-4-14)12(17)9-2-7-19-11(9)13/h2,7H,3-6,8H2,1H3. The topological polar surface area (TPSA) is 63.0 Å². The molecule has 0 atom stereocenters. The lowest BCUT2D eigenvalue weighted by Gasteiger charge is -2.33. The summed E-state index contributed by atoms with van der Waals surface area (Å²) in [5.74, 6) is -0.310. The van der Waals surface area contributed by atoms with Gasteiger partial charge in [-0.1, -0.05) is 0 Å². The molecule has 1 fully saturated rings. The lowest BCUT2D eigenvalue weighted by Crippen LogP contribution is -2.50. The number of carbonyl (C=O) groups is 2. The van der Waals surface area contributed by atoms with Crippen molar-refractivity contribution in [3.05, 3.63) is 22.6 Å². The molecular formula is C12H15BrN2O4. The van der Waals surface area contributed by atoms with Crippen LogP contribution in [0.1, 0.15) is 10.4 Å². The highest BCUT2D eigenvalue weighted by molar-refractivity contribution is 9.10. The second-order valence-electron chi connectivity index (χ2n) is 4.25. The normalized spacial score (nSPS) is 16.4. The van der Waals surface area contributed by atoms with Crippen molar-refractivity contribution >= 4 is 27.8 Å². The number of hydrogen-bond donors (Lipinski definition) is 0. The Balaban J connectivity index is 1.88. The third kappa shape index (κ3) is 3.36. The number of nitrogens with zero attached hydrogens (tertiary/aromatic N) is 2. The molecular weight excluding hydrogens is 316 g/mol. The fourth-order valence-corrected chi connectivity index (χ4v) is 2.38. The zero-order valence-electron chi connectivity index (χ0n) is 10.6. The van der Waals surface area contributed by atoms with E-state index in [1.165, 1.54) is 13.4 Å². The number of esters is 1. The van der Waals surface area contributed by atoms with Crippen molar-refractivity contribution in [2.24, 2.45) is 0 Å². The second kappa shape index (κ2) is 6.21. The summed E-state index contributed by atoms with van der Waals surface area (Å²) in [6, 6.07) is 1.65. The van der Waals surface area contributed by atoms with Gasteiger partial charge in [0.15, 0.2) is 4.67 Å². The van der Waals surface area contributed by atoms with Gasteiger partial charge in [0.1, 0.15) is 0 Å². The SMILES string of the molecule is COC(=O)CN1CCN(C(=O)c2ccoc2Br)CC1. The zero-order valence-corrected chi connectivity index (χ0v) is 12.2. The quantitative estimate of drug-likeness (QED) is 0.773. The fourth-order valence-electron chi connectivity index (χ4n) is 1.97. The van der Waals surface area contributed by atoms with Crippen LogP contribution >= 0.6 is 15.9 Å². The number of methoxy groups -OCH3 is 1. The largest absolute Gasteiger partial charge is 0.468 e. The molecule has 0 spiro atoms. The second-order valence-corrected chi connectivity index (χ2v) is 4.97. The number of carbonyl (C=O) groups excluding carboxylic acids is 2. The molecule has 1 aliphatic heterocycles. The first-order chi connectivity index (χ1) is 9.11. The van der Waals surface area contributed by atoms with Crippen molar-refractivity contribution in [1.29, 1.82) is 0 Å². The van der Waals surface area contributed by atoms with Crippen molar-refractivity contribution in [2.75, 3.05) is 39.8 Å². The van der Waals surface area contributed by atoms with Gasteiger partial charge in [0, 0.05) is 26.2 Å². The minimum atomic E-state index is -0.252. The summed E-state index contributed by atoms with van der Waals surface area (Å²) >= 11 is 3.20. The molecule has 0 aromatic carbocycles. The summed E-state index contributed by atoms with van der Waals surface area (Å²) in [5.41, 5.74) is 0.529. The molecule has 1 aromatic heterocycles.